The number of hydrogen-bond donors (Lipinski definition) is 3. The van der Waals surface area contributed by atoms with E-state index in [2.05, 4.69) is 28.1 Å². The van der Waals surface area contributed by atoms with Crippen molar-refractivity contribution in [3.8, 4) is 0 Å². The van der Waals surface area contributed by atoms with Crippen LogP contribution in [0.3, 0.4) is 0 Å². The van der Waals surface area contributed by atoms with Crippen molar-refractivity contribution < 1.29 is 9.59 Å². The van der Waals surface area contributed by atoms with E-state index in [1.165, 1.54) is 0 Å². The summed E-state index contributed by atoms with van der Waals surface area (Å²) >= 11 is 0. The van der Waals surface area contributed by atoms with E-state index < -0.39 is 0 Å². The van der Waals surface area contributed by atoms with Gasteiger partial charge in [-0.25, -0.2) is 4.79 Å². The molecule has 1 atom stereocenters. The first-order valence-corrected chi connectivity index (χ1v) is 8.19. The van der Waals surface area contributed by atoms with Crippen LogP contribution < -0.4 is 16.0 Å². The van der Waals surface area contributed by atoms with Gasteiger partial charge in [-0.05, 0) is 49.8 Å². The van der Waals surface area contributed by atoms with Crippen LogP contribution in [0.25, 0.3) is 0 Å². The molecule has 23 heavy (non-hydrogen) atoms. The Morgan fingerprint density at radius 1 is 1.22 bits per heavy atom. The number of allylic oxidation sites excluding steroid dienone is 2. The van der Waals surface area contributed by atoms with Gasteiger partial charge >= 0.3 is 6.03 Å². The maximum atomic E-state index is 12.1. The van der Waals surface area contributed by atoms with E-state index in [-0.39, 0.29) is 11.9 Å². The second kappa shape index (κ2) is 8.36. The summed E-state index contributed by atoms with van der Waals surface area (Å²) in [4.78, 5) is 23.5. The molecule has 3 N–H and O–H groups in total. The van der Waals surface area contributed by atoms with Crippen LogP contribution in [0.15, 0.2) is 30.4 Å². The first-order valence-electron chi connectivity index (χ1n) is 8.19. The fraction of sp³-hybridized carbons (Fsp3) is 0.444. The third-order valence-corrected chi connectivity index (χ3v) is 4.02. The third-order valence-electron chi connectivity index (χ3n) is 4.02. The molecule has 0 fully saturated rings. The number of benzene rings is 1. The highest BCUT2D eigenvalue weighted by atomic mass is 16.2. The van der Waals surface area contributed by atoms with E-state index in [1.54, 1.807) is 13.0 Å². The van der Waals surface area contributed by atoms with Gasteiger partial charge < -0.3 is 16.0 Å². The molecule has 3 amide bonds. The zero-order valence-electron chi connectivity index (χ0n) is 13.8. The van der Waals surface area contributed by atoms with Crippen molar-refractivity contribution in [2.24, 2.45) is 5.92 Å². The van der Waals surface area contributed by atoms with Crippen molar-refractivity contribution in [3.63, 3.8) is 0 Å². The van der Waals surface area contributed by atoms with E-state index in [4.69, 9.17) is 0 Å². The van der Waals surface area contributed by atoms with Gasteiger partial charge in [0.25, 0.3) is 0 Å². The zero-order valence-corrected chi connectivity index (χ0v) is 13.8. The highest BCUT2D eigenvalue weighted by Crippen LogP contribution is 2.21. The number of rotatable bonds is 5. The lowest BCUT2D eigenvalue weighted by molar-refractivity contribution is -0.115. The number of carbonyl (C=O) groups excluding carboxylic acids is 2. The molecule has 1 aliphatic rings. The highest BCUT2D eigenvalue weighted by molar-refractivity contribution is 5.94. The number of aryl methyl sites for hydroxylation is 1. The average Bonchev–Trinajstić information content (AvgIpc) is 2.57. The quantitative estimate of drug-likeness (QED) is 0.723. The van der Waals surface area contributed by atoms with Crippen LogP contribution in [-0.2, 0) is 4.79 Å². The molecule has 0 saturated heterocycles. The molecule has 0 unspecified atom stereocenters. The molecule has 1 aromatic carbocycles. The molecule has 0 aliphatic heterocycles. The predicted octanol–water partition coefficient (Wildman–Crippen LogP) is 3.82. The minimum atomic E-state index is -0.207. The molecule has 2 rings (SSSR count). The first kappa shape index (κ1) is 17.1. The molecule has 0 aromatic heterocycles. The monoisotopic (exact) mass is 315 g/mol. The van der Waals surface area contributed by atoms with Crippen LogP contribution in [0.1, 0.15) is 38.2 Å². The van der Waals surface area contributed by atoms with E-state index in [9.17, 15) is 9.59 Å². The summed E-state index contributed by atoms with van der Waals surface area (Å²) in [5.41, 5.74) is 2.35. The first-order chi connectivity index (χ1) is 11.1. The van der Waals surface area contributed by atoms with Gasteiger partial charge in [0, 0.05) is 24.3 Å². The van der Waals surface area contributed by atoms with E-state index >= 15 is 0 Å². The molecule has 0 bridgehead atoms. The van der Waals surface area contributed by atoms with E-state index in [0.717, 1.165) is 24.8 Å². The predicted molar refractivity (Wildman–Crippen MR) is 93.6 cm³/mol. The van der Waals surface area contributed by atoms with Gasteiger partial charge in [-0.3, -0.25) is 4.79 Å². The fourth-order valence-corrected chi connectivity index (χ4v) is 2.53. The Morgan fingerprint density at radius 2 is 2.04 bits per heavy atom. The second-order valence-corrected chi connectivity index (χ2v) is 5.92. The Morgan fingerprint density at radius 3 is 2.74 bits per heavy atom. The Balaban J connectivity index is 1.90. The molecule has 124 valence electrons. The summed E-state index contributed by atoms with van der Waals surface area (Å²) in [6.45, 7) is 4.41. The average molecular weight is 315 g/mol. The van der Waals surface area contributed by atoms with E-state index in [0.29, 0.717) is 30.3 Å². The fourth-order valence-electron chi connectivity index (χ4n) is 2.53. The van der Waals surface area contributed by atoms with Gasteiger partial charge in [-0.1, -0.05) is 25.1 Å². The van der Waals surface area contributed by atoms with Gasteiger partial charge in [0.2, 0.25) is 5.91 Å². The molecule has 0 saturated carbocycles. The Bertz CT molecular complexity index is 596. The number of anilines is 2. The summed E-state index contributed by atoms with van der Waals surface area (Å²) in [5.74, 6) is 0.469. The molecule has 1 aromatic rings. The SMILES string of the molecule is CCC(=O)Nc1ccc(C)c(NC(=O)NC[C@H]2CC=CCC2)c1. The number of nitrogens with one attached hydrogen (secondary N) is 3. The van der Waals surface area contributed by atoms with E-state index in [1.807, 2.05) is 19.1 Å². The minimum Gasteiger partial charge on any atom is -0.338 e. The van der Waals surface area contributed by atoms with Crippen molar-refractivity contribution in [2.75, 3.05) is 17.2 Å². The van der Waals surface area contributed by atoms with Crippen LogP contribution in [0.5, 0.6) is 0 Å². The lowest BCUT2D eigenvalue weighted by Crippen LogP contribution is -2.33. The Labute approximate surface area is 137 Å². The molecular weight excluding hydrogens is 290 g/mol. The van der Waals surface area contributed by atoms with Gasteiger partial charge in [0.05, 0.1) is 0 Å². The lowest BCUT2D eigenvalue weighted by Gasteiger charge is -2.18. The molecule has 0 radical (unpaired) electrons. The number of urea groups is 1. The van der Waals surface area contributed by atoms with Crippen LogP contribution >= 0.6 is 0 Å². The molecule has 1 aliphatic carbocycles. The van der Waals surface area contributed by atoms with Crippen molar-refractivity contribution in [3.05, 3.63) is 35.9 Å². The van der Waals surface area contributed by atoms with Crippen molar-refractivity contribution in [1.82, 2.24) is 5.32 Å². The third kappa shape index (κ3) is 5.43. The topological polar surface area (TPSA) is 70.2 Å². The lowest BCUT2D eigenvalue weighted by atomic mass is 9.94. The Kier molecular flexibility index (Phi) is 6.20. The molecule has 5 heteroatoms. The number of hydrogen-bond acceptors (Lipinski definition) is 2. The van der Waals surface area contributed by atoms with Crippen molar-refractivity contribution in [2.45, 2.75) is 39.5 Å². The molecular formula is C18H25N3O2. The van der Waals surface area contributed by atoms with Gasteiger partial charge in [0.15, 0.2) is 0 Å². The summed E-state index contributed by atoms with van der Waals surface area (Å²) in [5, 5.41) is 8.59. The second-order valence-electron chi connectivity index (χ2n) is 5.92. The smallest absolute Gasteiger partial charge is 0.319 e. The maximum absolute atomic E-state index is 12.1. The normalized spacial score (nSPS) is 16.7. The molecule has 0 spiro atoms. The van der Waals surface area contributed by atoms with Crippen LogP contribution in [0.4, 0.5) is 16.2 Å². The summed E-state index contributed by atoms with van der Waals surface area (Å²) in [6.07, 6.45) is 8.03. The summed E-state index contributed by atoms with van der Waals surface area (Å²) in [7, 11) is 0. The maximum Gasteiger partial charge on any atom is 0.319 e. The van der Waals surface area contributed by atoms with Crippen LogP contribution in [0.2, 0.25) is 0 Å². The van der Waals surface area contributed by atoms with Crippen LogP contribution in [-0.4, -0.2) is 18.5 Å². The van der Waals surface area contributed by atoms with Gasteiger partial charge in [-0.15, -0.1) is 0 Å². The number of carbonyl (C=O) groups is 2. The largest absolute Gasteiger partial charge is 0.338 e. The minimum absolute atomic E-state index is 0.0467. The van der Waals surface area contributed by atoms with Crippen LogP contribution in [0, 0.1) is 12.8 Å². The van der Waals surface area contributed by atoms with Crippen molar-refractivity contribution in [1.29, 1.82) is 0 Å². The zero-order chi connectivity index (χ0) is 16.7. The summed E-state index contributed by atoms with van der Waals surface area (Å²) in [6, 6.07) is 5.29. The molecule has 5 nitrogen and oxygen atoms in total. The Hall–Kier alpha value is -2.30. The van der Waals surface area contributed by atoms with Gasteiger partial charge in [0.1, 0.15) is 0 Å². The van der Waals surface area contributed by atoms with Gasteiger partial charge in [-0.2, -0.15) is 0 Å². The summed E-state index contributed by atoms with van der Waals surface area (Å²) < 4.78 is 0. The van der Waals surface area contributed by atoms with Crippen molar-refractivity contribution >= 4 is 23.3 Å². The highest BCUT2D eigenvalue weighted by Gasteiger charge is 2.12. The standard InChI is InChI=1S/C18H25N3O2/c1-3-17(22)20-15-10-9-13(2)16(11-15)21-18(23)19-12-14-7-5-4-6-8-14/h4-5,9-11,14H,3,6-8,12H2,1-2H3,(H,20,22)(H2,19,21,23)/t14-/m0/s1. The molecule has 0 heterocycles. The number of amides is 3.